The lowest BCUT2D eigenvalue weighted by molar-refractivity contribution is 0.161. The van der Waals surface area contributed by atoms with E-state index in [0.717, 1.165) is 23.1 Å². The van der Waals surface area contributed by atoms with Crippen LogP contribution >= 0.6 is 15.9 Å². The fourth-order valence-corrected chi connectivity index (χ4v) is 3.58. The van der Waals surface area contributed by atoms with Crippen molar-refractivity contribution in [1.82, 2.24) is 5.32 Å². The van der Waals surface area contributed by atoms with E-state index in [-0.39, 0.29) is 0 Å². The second-order valence-electron chi connectivity index (χ2n) is 5.06. The SMILES string of the molecule is FC1(c2cccc(Br)c2)CC2CNCC2C1. The lowest BCUT2D eigenvalue weighted by atomic mass is 9.92. The van der Waals surface area contributed by atoms with Gasteiger partial charge in [0.05, 0.1) is 0 Å². The molecule has 2 atom stereocenters. The Bertz CT molecular complexity index is 395. The summed E-state index contributed by atoms with van der Waals surface area (Å²) in [5, 5.41) is 3.35. The van der Waals surface area contributed by atoms with Crippen LogP contribution in [0.15, 0.2) is 28.7 Å². The van der Waals surface area contributed by atoms with Crippen molar-refractivity contribution in [3.8, 4) is 0 Å². The van der Waals surface area contributed by atoms with Crippen LogP contribution in [0.4, 0.5) is 4.39 Å². The molecule has 1 N–H and O–H groups in total. The monoisotopic (exact) mass is 283 g/mol. The maximum Gasteiger partial charge on any atom is 0.136 e. The van der Waals surface area contributed by atoms with Crippen molar-refractivity contribution in [1.29, 1.82) is 0 Å². The number of hydrogen-bond acceptors (Lipinski definition) is 1. The standard InChI is InChI=1S/C13H15BrFN/c14-12-3-1-2-11(4-12)13(15)5-9-7-16-8-10(9)6-13/h1-4,9-10,16H,5-8H2. The molecule has 0 radical (unpaired) electrons. The zero-order chi connectivity index (χ0) is 11.2. The fourth-order valence-electron chi connectivity index (χ4n) is 3.18. The second kappa shape index (κ2) is 3.81. The van der Waals surface area contributed by atoms with Gasteiger partial charge in [0.2, 0.25) is 0 Å². The summed E-state index contributed by atoms with van der Waals surface area (Å²) >= 11 is 3.42. The van der Waals surface area contributed by atoms with E-state index in [1.807, 2.05) is 24.3 Å². The molecule has 0 spiro atoms. The van der Waals surface area contributed by atoms with Gasteiger partial charge in [0.15, 0.2) is 0 Å². The van der Waals surface area contributed by atoms with E-state index < -0.39 is 5.67 Å². The first kappa shape index (κ1) is 10.7. The number of hydrogen-bond donors (Lipinski definition) is 1. The van der Waals surface area contributed by atoms with Crippen LogP contribution in [0.1, 0.15) is 18.4 Å². The highest BCUT2D eigenvalue weighted by molar-refractivity contribution is 9.10. The van der Waals surface area contributed by atoms with E-state index in [2.05, 4.69) is 21.2 Å². The minimum absolute atomic E-state index is 0.531. The molecule has 1 aliphatic heterocycles. The zero-order valence-electron chi connectivity index (χ0n) is 9.05. The Kier molecular flexibility index (Phi) is 2.55. The molecule has 0 amide bonds. The number of benzene rings is 1. The molecule has 1 heterocycles. The molecule has 86 valence electrons. The first-order valence-corrected chi connectivity index (χ1v) is 6.62. The Morgan fingerprint density at radius 3 is 2.56 bits per heavy atom. The first-order valence-electron chi connectivity index (χ1n) is 5.83. The summed E-state index contributed by atoms with van der Waals surface area (Å²) in [4.78, 5) is 0. The lowest BCUT2D eigenvalue weighted by Crippen LogP contribution is -2.21. The number of halogens is 2. The second-order valence-corrected chi connectivity index (χ2v) is 5.98. The molecule has 3 heteroatoms. The highest BCUT2D eigenvalue weighted by atomic mass is 79.9. The predicted octanol–water partition coefficient (Wildman–Crippen LogP) is 3.24. The molecule has 1 aromatic rings. The molecule has 1 aromatic carbocycles. The van der Waals surface area contributed by atoms with Gasteiger partial charge in [-0.15, -0.1) is 0 Å². The van der Waals surface area contributed by atoms with Crippen LogP contribution in [-0.2, 0) is 5.67 Å². The minimum atomic E-state index is -1.10. The summed E-state index contributed by atoms with van der Waals surface area (Å²) in [6, 6.07) is 7.71. The number of nitrogens with one attached hydrogen (secondary N) is 1. The quantitative estimate of drug-likeness (QED) is 0.834. The summed E-state index contributed by atoms with van der Waals surface area (Å²) in [6.45, 7) is 1.98. The minimum Gasteiger partial charge on any atom is -0.316 e. The normalized spacial score (nSPS) is 37.6. The van der Waals surface area contributed by atoms with Gasteiger partial charge in [-0.05, 0) is 55.5 Å². The number of fused-ring (bicyclic) bond motifs is 1. The van der Waals surface area contributed by atoms with E-state index in [1.54, 1.807) is 0 Å². The molecule has 1 aliphatic carbocycles. The van der Waals surface area contributed by atoms with E-state index >= 15 is 0 Å². The van der Waals surface area contributed by atoms with E-state index in [0.29, 0.717) is 24.7 Å². The summed E-state index contributed by atoms with van der Waals surface area (Å²) in [7, 11) is 0. The molecule has 2 unspecified atom stereocenters. The Morgan fingerprint density at radius 2 is 1.94 bits per heavy atom. The molecule has 1 nitrogen and oxygen atoms in total. The zero-order valence-corrected chi connectivity index (χ0v) is 10.6. The Labute approximate surface area is 104 Å². The molecular formula is C13H15BrFN. The smallest absolute Gasteiger partial charge is 0.136 e. The molecule has 0 bridgehead atoms. The average molecular weight is 284 g/mol. The van der Waals surface area contributed by atoms with Crippen molar-refractivity contribution < 1.29 is 4.39 Å². The molecule has 1 saturated heterocycles. The van der Waals surface area contributed by atoms with Gasteiger partial charge in [-0.1, -0.05) is 28.1 Å². The Balaban J connectivity index is 1.89. The van der Waals surface area contributed by atoms with Crippen LogP contribution in [-0.4, -0.2) is 13.1 Å². The summed E-state index contributed by atoms with van der Waals surface area (Å²) in [6.07, 6.45) is 1.36. The van der Waals surface area contributed by atoms with E-state index in [1.165, 1.54) is 0 Å². The first-order chi connectivity index (χ1) is 7.67. The van der Waals surface area contributed by atoms with Crippen LogP contribution < -0.4 is 5.32 Å². The third kappa shape index (κ3) is 1.70. The van der Waals surface area contributed by atoms with Gasteiger partial charge in [-0.2, -0.15) is 0 Å². The molecule has 0 aromatic heterocycles. The highest BCUT2D eigenvalue weighted by Crippen LogP contribution is 2.50. The lowest BCUT2D eigenvalue weighted by Gasteiger charge is -2.21. The molecule has 1 saturated carbocycles. The van der Waals surface area contributed by atoms with Crippen LogP contribution in [0.2, 0.25) is 0 Å². The number of alkyl halides is 1. The molecular weight excluding hydrogens is 269 g/mol. The van der Waals surface area contributed by atoms with E-state index in [9.17, 15) is 4.39 Å². The highest BCUT2D eigenvalue weighted by Gasteiger charge is 2.48. The van der Waals surface area contributed by atoms with Gasteiger partial charge in [0.25, 0.3) is 0 Å². The fraction of sp³-hybridized carbons (Fsp3) is 0.538. The molecule has 2 fully saturated rings. The Hall–Kier alpha value is -0.410. The van der Waals surface area contributed by atoms with Gasteiger partial charge in [0, 0.05) is 4.47 Å². The van der Waals surface area contributed by atoms with Gasteiger partial charge in [0.1, 0.15) is 5.67 Å². The van der Waals surface area contributed by atoms with Crippen LogP contribution in [0, 0.1) is 11.8 Å². The summed E-state index contributed by atoms with van der Waals surface area (Å²) in [5.41, 5.74) is -0.252. The summed E-state index contributed by atoms with van der Waals surface area (Å²) in [5.74, 6) is 1.06. The average Bonchev–Trinajstić information content (AvgIpc) is 2.76. The van der Waals surface area contributed by atoms with Gasteiger partial charge < -0.3 is 5.32 Å². The van der Waals surface area contributed by atoms with Crippen molar-refractivity contribution in [2.45, 2.75) is 18.5 Å². The molecule has 16 heavy (non-hydrogen) atoms. The number of rotatable bonds is 1. The maximum absolute atomic E-state index is 14.9. The summed E-state index contributed by atoms with van der Waals surface area (Å²) < 4.78 is 15.9. The largest absolute Gasteiger partial charge is 0.316 e. The van der Waals surface area contributed by atoms with Crippen molar-refractivity contribution in [3.05, 3.63) is 34.3 Å². The van der Waals surface area contributed by atoms with Crippen molar-refractivity contribution in [3.63, 3.8) is 0 Å². The van der Waals surface area contributed by atoms with Gasteiger partial charge in [-0.25, -0.2) is 4.39 Å². The third-order valence-corrected chi connectivity index (χ3v) is 4.49. The molecule has 3 rings (SSSR count). The van der Waals surface area contributed by atoms with Crippen molar-refractivity contribution >= 4 is 15.9 Å². The topological polar surface area (TPSA) is 12.0 Å². The predicted molar refractivity (Wildman–Crippen MR) is 66.0 cm³/mol. The maximum atomic E-state index is 14.9. The Morgan fingerprint density at radius 1 is 1.25 bits per heavy atom. The van der Waals surface area contributed by atoms with Crippen LogP contribution in [0.5, 0.6) is 0 Å². The van der Waals surface area contributed by atoms with Crippen LogP contribution in [0.3, 0.4) is 0 Å². The van der Waals surface area contributed by atoms with E-state index in [4.69, 9.17) is 0 Å². The molecule has 2 aliphatic rings. The van der Waals surface area contributed by atoms with Gasteiger partial charge in [-0.3, -0.25) is 0 Å². The third-order valence-electron chi connectivity index (χ3n) is 3.99. The van der Waals surface area contributed by atoms with Gasteiger partial charge >= 0.3 is 0 Å². The van der Waals surface area contributed by atoms with Crippen molar-refractivity contribution in [2.75, 3.05) is 13.1 Å². The van der Waals surface area contributed by atoms with Crippen LogP contribution in [0.25, 0.3) is 0 Å². The van der Waals surface area contributed by atoms with Crippen molar-refractivity contribution in [2.24, 2.45) is 11.8 Å².